The highest BCUT2D eigenvalue weighted by atomic mass is 32.2. The number of fused-ring (bicyclic) bond motifs is 4. The first-order valence-electron chi connectivity index (χ1n) is 13.6. The molecule has 0 atom stereocenters. The van der Waals surface area contributed by atoms with Gasteiger partial charge in [-0.1, -0.05) is 78.1 Å². The fourth-order valence-corrected chi connectivity index (χ4v) is 7.84. The van der Waals surface area contributed by atoms with Crippen LogP contribution in [0.5, 0.6) is 0 Å². The van der Waals surface area contributed by atoms with E-state index in [2.05, 4.69) is 136 Å². The number of hydrogen-bond donors (Lipinski definition) is 0. The number of aromatic nitrogens is 1. The van der Waals surface area contributed by atoms with Gasteiger partial charge in [-0.15, -0.1) is 0 Å². The third-order valence-corrected chi connectivity index (χ3v) is 9.83. The van der Waals surface area contributed by atoms with E-state index in [9.17, 15) is 5.26 Å². The van der Waals surface area contributed by atoms with Crippen molar-refractivity contribution in [2.45, 2.75) is 19.6 Å². The number of anilines is 6. The van der Waals surface area contributed by atoms with Gasteiger partial charge in [0.25, 0.3) is 0 Å². The third-order valence-electron chi connectivity index (χ3n) is 7.57. The molecule has 6 aromatic rings. The van der Waals surface area contributed by atoms with Crippen molar-refractivity contribution in [2.75, 3.05) is 9.80 Å². The number of rotatable bonds is 3. The normalized spacial score (nSPS) is 12.9. The van der Waals surface area contributed by atoms with Gasteiger partial charge in [-0.25, -0.2) is 0 Å². The highest BCUT2D eigenvalue weighted by molar-refractivity contribution is 8.00. The van der Waals surface area contributed by atoms with Crippen molar-refractivity contribution in [3.63, 3.8) is 0 Å². The van der Waals surface area contributed by atoms with E-state index < -0.39 is 0 Å². The number of nitriles is 1. The zero-order valence-electron chi connectivity index (χ0n) is 22.3. The molecule has 0 saturated carbocycles. The summed E-state index contributed by atoms with van der Waals surface area (Å²) in [5.74, 6) is 0. The summed E-state index contributed by atoms with van der Waals surface area (Å²) in [6, 6.07) is 44.5. The maximum absolute atomic E-state index is 10.5. The molecule has 0 unspecified atom stereocenters. The minimum Gasteiger partial charge on any atom is -0.307 e. The van der Waals surface area contributed by atoms with E-state index in [4.69, 9.17) is 0 Å². The first-order chi connectivity index (χ1) is 20.8. The van der Waals surface area contributed by atoms with Gasteiger partial charge in [0.1, 0.15) is 6.07 Å². The topological polar surface area (TPSA) is 43.2 Å². The Labute approximate surface area is 252 Å². The molecule has 0 saturated heterocycles. The van der Waals surface area contributed by atoms with Crippen molar-refractivity contribution < 1.29 is 0 Å². The molecule has 0 bridgehead atoms. The second-order valence-electron chi connectivity index (χ2n) is 9.98. The van der Waals surface area contributed by atoms with Crippen LogP contribution in [0.25, 0.3) is 11.1 Å². The fourth-order valence-electron chi connectivity index (χ4n) is 5.72. The monoisotopic (exact) mass is 574 g/mol. The lowest BCUT2D eigenvalue weighted by Crippen LogP contribution is -2.16. The summed E-state index contributed by atoms with van der Waals surface area (Å²) in [7, 11) is 0. The Kier molecular flexibility index (Phi) is 5.99. The molecule has 198 valence electrons. The average Bonchev–Trinajstić information content (AvgIpc) is 3.06. The van der Waals surface area contributed by atoms with Crippen molar-refractivity contribution >= 4 is 57.6 Å². The highest BCUT2D eigenvalue weighted by Gasteiger charge is 2.28. The molecule has 0 spiro atoms. The van der Waals surface area contributed by atoms with Crippen LogP contribution in [0.4, 0.5) is 34.1 Å². The number of benzene rings is 5. The summed E-state index contributed by atoms with van der Waals surface area (Å²) in [6.07, 6.45) is 3.74. The van der Waals surface area contributed by atoms with Gasteiger partial charge < -0.3 is 9.80 Å². The summed E-state index contributed by atoms with van der Waals surface area (Å²) in [6.45, 7) is 0. The molecule has 42 heavy (non-hydrogen) atoms. The molecule has 0 amide bonds. The van der Waals surface area contributed by atoms with E-state index >= 15 is 0 Å². The first kappa shape index (κ1) is 24.8. The quantitative estimate of drug-likeness (QED) is 0.209. The molecule has 2 aliphatic rings. The maximum Gasteiger partial charge on any atom is 0.101 e. The van der Waals surface area contributed by atoms with E-state index in [0.29, 0.717) is 5.56 Å². The van der Waals surface area contributed by atoms with Gasteiger partial charge in [-0.05, 0) is 72.3 Å². The Hall–Kier alpha value is -4.96. The SMILES string of the molecule is N#Cc1cc(-c2cnccc2N2c3ccccc3Sc3ccccc32)ccc1N1c2ccccc2Sc2ccccc21. The summed E-state index contributed by atoms with van der Waals surface area (Å²) >= 11 is 3.55. The molecular weight excluding hydrogens is 553 g/mol. The Balaban J connectivity index is 1.29. The standard InChI is InChI=1S/C36H22N4S2/c37-22-25-21-24(17-18-27(25)39-29-9-1-5-13-33(29)41-34-14-6-2-10-30(34)39)26-23-38-20-19-28(26)40-31-11-3-7-15-35(31)42-36-16-8-4-12-32(36)40/h1-21,23H. The molecule has 0 radical (unpaired) electrons. The van der Waals surface area contributed by atoms with Gasteiger partial charge in [0.15, 0.2) is 0 Å². The second-order valence-corrected chi connectivity index (χ2v) is 12.1. The minimum absolute atomic E-state index is 0.605. The minimum atomic E-state index is 0.605. The van der Waals surface area contributed by atoms with Crippen LogP contribution >= 0.6 is 23.5 Å². The van der Waals surface area contributed by atoms with Crippen LogP contribution in [-0.2, 0) is 0 Å². The van der Waals surface area contributed by atoms with Gasteiger partial charge in [0.2, 0.25) is 0 Å². The second kappa shape index (κ2) is 10.1. The van der Waals surface area contributed by atoms with Crippen molar-refractivity contribution in [2.24, 2.45) is 0 Å². The third kappa shape index (κ3) is 3.98. The van der Waals surface area contributed by atoms with E-state index in [1.807, 2.05) is 18.5 Å². The van der Waals surface area contributed by atoms with Crippen LogP contribution in [0.3, 0.4) is 0 Å². The van der Waals surface area contributed by atoms with Crippen LogP contribution in [0.1, 0.15) is 5.56 Å². The number of hydrogen-bond acceptors (Lipinski definition) is 6. The lowest BCUT2D eigenvalue weighted by molar-refractivity contribution is 1.15. The average molecular weight is 575 g/mol. The molecule has 0 aliphatic carbocycles. The molecular formula is C36H22N4S2. The lowest BCUT2D eigenvalue weighted by atomic mass is 10.00. The van der Waals surface area contributed by atoms with Crippen LogP contribution in [0.2, 0.25) is 0 Å². The van der Waals surface area contributed by atoms with Gasteiger partial charge in [0, 0.05) is 37.5 Å². The highest BCUT2D eigenvalue weighted by Crippen LogP contribution is 2.54. The van der Waals surface area contributed by atoms with Crippen molar-refractivity contribution in [3.8, 4) is 17.2 Å². The van der Waals surface area contributed by atoms with Gasteiger partial charge >= 0.3 is 0 Å². The Bertz CT molecular complexity index is 1960. The molecule has 1 aromatic heterocycles. The molecule has 0 fully saturated rings. The molecule has 6 heteroatoms. The summed E-state index contributed by atoms with van der Waals surface area (Å²) in [5, 5.41) is 10.5. The van der Waals surface area contributed by atoms with Crippen molar-refractivity contribution in [1.29, 1.82) is 5.26 Å². The lowest BCUT2D eigenvalue weighted by Gasteiger charge is -2.34. The summed E-state index contributed by atoms with van der Waals surface area (Å²) in [5.41, 5.74) is 8.80. The predicted molar refractivity (Wildman–Crippen MR) is 172 cm³/mol. The van der Waals surface area contributed by atoms with Crippen molar-refractivity contribution in [1.82, 2.24) is 4.98 Å². The number of nitrogens with zero attached hydrogens (tertiary/aromatic N) is 4. The zero-order valence-corrected chi connectivity index (χ0v) is 23.9. The van der Waals surface area contributed by atoms with E-state index in [-0.39, 0.29) is 0 Å². The molecule has 0 N–H and O–H groups in total. The van der Waals surface area contributed by atoms with Gasteiger partial charge in [-0.2, -0.15) is 5.26 Å². The Morgan fingerprint density at radius 2 is 1.00 bits per heavy atom. The van der Waals surface area contributed by atoms with E-state index in [0.717, 1.165) is 45.3 Å². The summed E-state index contributed by atoms with van der Waals surface area (Å²) in [4.78, 5) is 13.8. The number of pyridine rings is 1. The Morgan fingerprint density at radius 1 is 0.524 bits per heavy atom. The van der Waals surface area contributed by atoms with Crippen molar-refractivity contribution in [3.05, 3.63) is 139 Å². The van der Waals surface area contributed by atoms with Crippen LogP contribution < -0.4 is 9.80 Å². The maximum atomic E-state index is 10.5. The molecule has 8 rings (SSSR count). The van der Waals surface area contributed by atoms with Crippen LogP contribution in [0, 0.1) is 11.3 Å². The molecule has 2 aliphatic heterocycles. The molecule has 4 nitrogen and oxygen atoms in total. The van der Waals surface area contributed by atoms with E-state index in [1.165, 1.54) is 19.6 Å². The zero-order chi connectivity index (χ0) is 28.0. The van der Waals surface area contributed by atoms with Crippen LogP contribution in [0.15, 0.2) is 153 Å². The Morgan fingerprint density at radius 3 is 1.50 bits per heavy atom. The van der Waals surface area contributed by atoms with Gasteiger partial charge in [0.05, 0.1) is 39.7 Å². The molecule has 5 aromatic carbocycles. The largest absolute Gasteiger partial charge is 0.307 e. The molecule has 3 heterocycles. The van der Waals surface area contributed by atoms with E-state index in [1.54, 1.807) is 23.5 Å². The predicted octanol–water partition coefficient (Wildman–Crippen LogP) is 10.5. The number of para-hydroxylation sites is 4. The fraction of sp³-hybridized carbons (Fsp3) is 0. The smallest absolute Gasteiger partial charge is 0.101 e. The van der Waals surface area contributed by atoms with Gasteiger partial charge in [-0.3, -0.25) is 4.98 Å². The summed E-state index contributed by atoms with van der Waals surface area (Å²) < 4.78 is 0. The first-order valence-corrected chi connectivity index (χ1v) is 15.2. The van der Waals surface area contributed by atoms with Crippen LogP contribution in [-0.4, -0.2) is 4.98 Å².